The molecule has 1 unspecified atom stereocenters. The molecule has 0 amide bonds. The molecule has 0 saturated carbocycles. The number of ether oxygens (including phenoxy) is 1. The standard InChI is InChI=1S/C15H25NO3/c1-11-8-13(15(19-3)9-12(11)2)4-6-16-14(10-18)5-7-17/h8-9,14,16-18H,4-7,10H2,1-3H3. The van der Waals surface area contributed by atoms with Crippen LogP contribution in [-0.2, 0) is 6.42 Å². The highest BCUT2D eigenvalue weighted by Gasteiger charge is 2.08. The summed E-state index contributed by atoms with van der Waals surface area (Å²) in [5.41, 5.74) is 3.64. The minimum Gasteiger partial charge on any atom is -0.496 e. The van der Waals surface area contributed by atoms with Crippen LogP contribution < -0.4 is 10.1 Å². The van der Waals surface area contributed by atoms with Crippen molar-refractivity contribution >= 4 is 0 Å². The summed E-state index contributed by atoms with van der Waals surface area (Å²) in [5.74, 6) is 0.910. The third-order valence-electron chi connectivity index (χ3n) is 3.42. The van der Waals surface area contributed by atoms with Gasteiger partial charge in [-0.05, 0) is 56.0 Å². The molecule has 3 N–H and O–H groups in total. The Kier molecular flexibility index (Phi) is 6.84. The van der Waals surface area contributed by atoms with Crippen LogP contribution in [0.2, 0.25) is 0 Å². The number of aliphatic hydroxyl groups is 2. The summed E-state index contributed by atoms with van der Waals surface area (Å²) < 4.78 is 5.40. The number of nitrogens with one attached hydrogen (secondary N) is 1. The number of aliphatic hydroxyl groups excluding tert-OH is 2. The van der Waals surface area contributed by atoms with E-state index < -0.39 is 0 Å². The van der Waals surface area contributed by atoms with Crippen molar-refractivity contribution in [3.8, 4) is 5.75 Å². The molecule has 0 fully saturated rings. The third-order valence-corrected chi connectivity index (χ3v) is 3.42. The monoisotopic (exact) mass is 267 g/mol. The van der Waals surface area contributed by atoms with E-state index in [9.17, 15) is 0 Å². The van der Waals surface area contributed by atoms with Gasteiger partial charge >= 0.3 is 0 Å². The summed E-state index contributed by atoms with van der Waals surface area (Å²) in [6.07, 6.45) is 1.41. The van der Waals surface area contributed by atoms with Crippen molar-refractivity contribution in [1.82, 2.24) is 5.32 Å². The highest BCUT2D eigenvalue weighted by Crippen LogP contribution is 2.23. The van der Waals surface area contributed by atoms with Gasteiger partial charge < -0.3 is 20.3 Å². The van der Waals surface area contributed by atoms with E-state index in [-0.39, 0.29) is 19.3 Å². The van der Waals surface area contributed by atoms with Gasteiger partial charge in [-0.1, -0.05) is 6.07 Å². The number of aryl methyl sites for hydroxylation is 2. The molecule has 0 spiro atoms. The molecular formula is C15H25NO3. The van der Waals surface area contributed by atoms with Crippen molar-refractivity contribution in [1.29, 1.82) is 0 Å². The van der Waals surface area contributed by atoms with E-state index in [1.165, 1.54) is 16.7 Å². The molecule has 108 valence electrons. The van der Waals surface area contributed by atoms with Crippen LogP contribution in [0.1, 0.15) is 23.1 Å². The van der Waals surface area contributed by atoms with E-state index in [0.717, 1.165) is 18.7 Å². The number of methoxy groups -OCH3 is 1. The lowest BCUT2D eigenvalue weighted by molar-refractivity contribution is 0.201. The number of rotatable bonds is 8. The highest BCUT2D eigenvalue weighted by atomic mass is 16.5. The second kappa shape index (κ2) is 8.15. The second-order valence-corrected chi connectivity index (χ2v) is 4.84. The van der Waals surface area contributed by atoms with E-state index >= 15 is 0 Å². The lowest BCUT2D eigenvalue weighted by Crippen LogP contribution is -2.34. The topological polar surface area (TPSA) is 61.7 Å². The van der Waals surface area contributed by atoms with Crippen molar-refractivity contribution < 1.29 is 14.9 Å². The van der Waals surface area contributed by atoms with Gasteiger partial charge in [0.2, 0.25) is 0 Å². The summed E-state index contributed by atoms with van der Waals surface area (Å²) in [5, 5.41) is 21.2. The first-order chi connectivity index (χ1) is 9.12. The predicted octanol–water partition coefficient (Wildman–Crippen LogP) is 1.19. The Morgan fingerprint density at radius 2 is 1.89 bits per heavy atom. The average Bonchev–Trinajstić information content (AvgIpc) is 2.41. The van der Waals surface area contributed by atoms with Gasteiger partial charge in [-0.2, -0.15) is 0 Å². The molecule has 19 heavy (non-hydrogen) atoms. The zero-order chi connectivity index (χ0) is 14.3. The molecule has 0 heterocycles. The molecule has 0 radical (unpaired) electrons. The second-order valence-electron chi connectivity index (χ2n) is 4.84. The third kappa shape index (κ3) is 4.82. The summed E-state index contributed by atoms with van der Waals surface area (Å²) >= 11 is 0. The molecule has 0 aliphatic carbocycles. The van der Waals surface area contributed by atoms with Crippen LogP contribution in [0.4, 0.5) is 0 Å². The van der Waals surface area contributed by atoms with Crippen molar-refractivity contribution in [2.24, 2.45) is 0 Å². The van der Waals surface area contributed by atoms with Gasteiger partial charge in [-0.3, -0.25) is 0 Å². The number of benzene rings is 1. The molecule has 1 atom stereocenters. The Morgan fingerprint density at radius 1 is 1.21 bits per heavy atom. The molecule has 1 aromatic carbocycles. The molecule has 4 nitrogen and oxygen atoms in total. The average molecular weight is 267 g/mol. The lowest BCUT2D eigenvalue weighted by atomic mass is 10.0. The molecule has 0 aliphatic rings. The first-order valence-corrected chi connectivity index (χ1v) is 6.71. The van der Waals surface area contributed by atoms with Gasteiger partial charge in [0.15, 0.2) is 0 Å². The Labute approximate surface area is 115 Å². The Balaban J connectivity index is 2.59. The normalized spacial score (nSPS) is 12.5. The minimum atomic E-state index is -0.0393. The van der Waals surface area contributed by atoms with E-state index in [4.69, 9.17) is 14.9 Å². The first-order valence-electron chi connectivity index (χ1n) is 6.71. The molecule has 0 aliphatic heterocycles. The SMILES string of the molecule is COc1cc(C)c(C)cc1CCNC(CO)CCO. The fraction of sp³-hybridized carbons (Fsp3) is 0.600. The zero-order valence-electron chi connectivity index (χ0n) is 12.1. The van der Waals surface area contributed by atoms with E-state index in [2.05, 4.69) is 31.3 Å². The van der Waals surface area contributed by atoms with Crippen LogP contribution >= 0.6 is 0 Å². The van der Waals surface area contributed by atoms with Crippen molar-refractivity contribution in [2.45, 2.75) is 32.7 Å². The van der Waals surface area contributed by atoms with E-state index in [1.54, 1.807) is 7.11 Å². The van der Waals surface area contributed by atoms with Crippen LogP contribution in [0.25, 0.3) is 0 Å². The number of hydrogen-bond acceptors (Lipinski definition) is 4. The fourth-order valence-electron chi connectivity index (χ4n) is 2.06. The van der Waals surface area contributed by atoms with Crippen LogP contribution in [0.3, 0.4) is 0 Å². The molecule has 1 rings (SSSR count). The van der Waals surface area contributed by atoms with E-state index in [1.807, 2.05) is 0 Å². The summed E-state index contributed by atoms with van der Waals surface area (Å²) in [6.45, 7) is 5.05. The zero-order valence-corrected chi connectivity index (χ0v) is 12.1. The highest BCUT2D eigenvalue weighted by molar-refractivity contribution is 5.41. The molecule has 0 bridgehead atoms. The number of hydrogen-bond donors (Lipinski definition) is 3. The maximum Gasteiger partial charge on any atom is 0.122 e. The minimum absolute atomic E-state index is 0.0393. The van der Waals surface area contributed by atoms with Crippen molar-refractivity contribution in [3.63, 3.8) is 0 Å². The van der Waals surface area contributed by atoms with Gasteiger partial charge in [0.25, 0.3) is 0 Å². The van der Waals surface area contributed by atoms with Crippen LogP contribution in [0.5, 0.6) is 5.75 Å². The van der Waals surface area contributed by atoms with Gasteiger partial charge in [-0.25, -0.2) is 0 Å². The Morgan fingerprint density at radius 3 is 2.47 bits per heavy atom. The molecule has 4 heteroatoms. The lowest BCUT2D eigenvalue weighted by Gasteiger charge is -2.16. The summed E-state index contributed by atoms with van der Waals surface area (Å²) in [6, 6.07) is 4.17. The molecule has 0 aromatic heterocycles. The molecule has 0 saturated heterocycles. The molecule has 1 aromatic rings. The predicted molar refractivity (Wildman–Crippen MR) is 76.8 cm³/mol. The van der Waals surface area contributed by atoms with Crippen molar-refractivity contribution in [3.05, 3.63) is 28.8 Å². The van der Waals surface area contributed by atoms with Crippen LogP contribution in [0.15, 0.2) is 12.1 Å². The maximum absolute atomic E-state index is 9.14. The van der Waals surface area contributed by atoms with Crippen LogP contribution in [0, 0.1) is 13.8 Å². The largest absolute Gasteiger partial charge is 0.496 e. The van der Waals surface area contributed by atoms with E-state index in [0.29, 0.717) is 6.42 Å². The van der Waals surface area contributed by atoms with Gasteiger partial charge in [0.1, 0.15) is 5.75 Å². The fourth-order valence-corrected chi connectivity index (χ4v) is 2.06. The van der Waals surface area contributed by atoms with Crippen molar-refractivity contribution in [2.75, 3.05) is 26.9 Å². The quantitative estimate of drug-likeness (QED) is 0.662. The Hall–Kier alpha value is -1.10. The van der Waals surface area contributed by atoms with Gasteiger partial charge in [-0.15, -0.1) is 0 Å². The first kappa shape index (κ1) is 16.0. The smallest absolute Gasteiger partial charge is 0.122 e. The van der Waals surface area contributed by atoms with Gasteiger partial charge in [0, 0.05) is 12.6 Å². The molecular weight excluding hydrogens is 242 g/mol. The summed E-state index contributed by atoms with van der Waals surface area (Å²) in [7, 11) is 1.68. The van der Waals surface area contributed by atoms with Gasteiger partial charge in [0.05, 0.1) is 13.7 Å². The summed E-state index contributed by atoms with van der Waals surface area (Å²) in [4.78, 5) is 0. The maximum atomic E-state index is 9.14. The van der Waals surface area contributed by atoms with Crippen LogP contribution in [-0.4, -0.2) is 43.1 Å². The Bertz CT molecular complexity index is 393.